The summed E-state index contributed by atoms with van der Waals surface area (Å²) in [5.74, 6) is -1.50. The largest absolute Gasteiger partial charge is 0.370 e. The van der Waals surface area contributed by atoms with Crippen LogP contribution in [0.25, 0.3) is 0 Å². The average molecular weight is 457 g/mol. The molecule has 0 spiro atoms. The standard InChI is InChI=1S/C25H20N4O3S/c1-13-12-26-25(33-13)28-23(30)16-17(24(28)31)22-20-18(21(16)32-22)19(14-8-4-2-5-9-14)27-29(20)15-10-6-3-7-11-15/h2-12,16-18,20-22H,1H3. The molecule has 2 amide bonds. The molecule has 2 aromatic carbocycles. The molecule has 0 saturated carbocycles. The molecule has 33 heavy (non-hydrogen) atoms. The number of rotatable bonds is 3. The molecule has 0 radical (unpaired) electrons. The Morgan fingerprint density at radius 2 is 1.55 bits per heavy atom. The van der Waals surface area contributed by atoms with Crippen LogP contribution >= 0.6 is 11.3 Å². The third-order valence-corrected chi connectivity index (χ3v) is 8.08. The Kier molecular flexibility index (Phi) is 3.96. The number of hydrazone groups is 1. The molecular weight excluding hydrogens is 436 g/mol. The number of hydrogen-bond acceptors (Lipinski definition) is 7. The van der Waals surface area contributed by atoms with Gasteiger partial charge in [-0.2, -0.15) is 5.10 Å². The van der Waals surface area contributed by atoms with Gasteiger partial charge in [0.25, 0.3) is 0 Å². The lowest BCUT2D eigenvalue weighted by Crippen LogP contribution is -2.50. The molecule has 3 aromatic rings. The second-order valence-electron chi connectivity index (χ2n) is 8.93. The van der Waals surface area contributed by atoms with Crippen molar-refractivity contribution in [3.8, 4) is 0 Å². The van der Waals surface area contributed by atoms with Gasteiger partial charge in [-0.1, -0.05) is 48.5 Å². The number of carbonyl (C=O) groups is 2. The van der Waals surface area contributed by atoms with Gasteiger partial charge in [0.15, 0.2) is 5.13 Å². The minimum Gasteiger partial charge on any atom is -0.370 e. The minimum atomic E-state index is -0.510. The van der Waals surface area contributed by atoms with Gasteiger partial charge in [0.1, 0.15) is 0 Å². The smallest absolute Gasteiger partial charge is 0.242 e. The SMILES string of the molecule is Cc1cnc(N2C(=O)C3C4OC(C3C2=O)C2C4C(c3ccccc3)=NN2c2ccccc2)s1. The second-order valence-corrected chi connectivity index (χ2v) is 10.1. The zero-order chi connectivity index (χ0) is 22.3. The van der Waals surface area contributed by atoms with Crippen molar-refractivity contribution < 1.29 is 14.3 Å². The van der Waals surface area contributed by atoms with Gasteiger partial charge in [0, 0.05) is 11.1 Å². The Morgan fingerprint density at radius 3 is 2.21 bits per heavy atom. The molecule has 5 heterocycles. The van der Waals surface area contributed by atoms with Crippen molar-refractivity contribution in [2.45, 2.75) is 25.2 Å². The topological polar surface area (TPSA) is 75.1 Å². The van der Waals surface area contributed by atoms with Gasteiger partial charge in [-0.25, -0.2) is 9.88 Å². The number of amides is 2. The Balaban J connectivity index is 1.33. The number of aromatic nitrogens is 1. The van der Waals surface area contributed by atoms with Crippen molar-refractivity contribution >= 4 is 39.7 Å². The van der Waals surface area contributed by atoms with E-state index in [9.17, 15) is 9.59 Å². The fourth-order valence-corrected chi connectivity index (χ4v) is 6.69. The molecule has 6 atom stereocenters. The molecule has 8 heteroatoms. The predicted octanol–water partition coefficient (Wildman–Crippen LogP) is 3.25. The lowest BCUT2D eigenvalue weighted by atomic mass is 9.70. The van der Waals surface area contributed by atoms with Crippen LogP contribution in [-0.4, -0.2) is 40.8 Å². The molecule has 7 nitrogen and oxygen atoms in total. The molecule has 1 aromatic heterocycles. The van der Waals surface area contributed by atoms with Crippen LogP contribution < -0.4 is 9.91 Å². The quantitative estimate of drug-likeness (QED) is 0.566. The number of carbonyl (C=O) groups excluding carboxylic acids is 2. The fourth-order valence-electron chi connectivity index (χ4n) is 5.92. The van der Waals surface area contributed by atoms with Gasteiger partial charge in [-0.15, -0.1) is 11.3 Å². The van der Waals surface area contributed by atoms with Gasteiger partial charge in [0.05, 0.1) is 47.4 Å². The molecular formula is C25H20N4O3S. The van der Waals surface area contributed by atoms with Crippen LogP contribution in [0.2, 0.25) is 0 Å². The number of fused-ring (bicyclic) bond motifs is 8. The van der Waals surface area contributed by atoms with E-state index in [1.807, 2.05) is 72.6 Å². The van der Waals surface area contributed by atoms with Crippen molar-refractivity contribution in [1.29, 1.82) is 0 Å². The third kappa shape index (κ3) is 2.53. The Bertz CT molecular complexity index is 1310. The van der Waals surface area contributed by atoms with Crippen LogP contribution in [0.4, 0.5) is 10.8 Å². The Labute approximate surface area is 194 Å². The molecule has 0 N–H and O–H groups in total. The lowest BCUT2D eigenvalue weighted by molar-refractivity contribution is -0.125. The van der Waals surface area contributed by atoms with Crippen molar-refractivity contribution in [2.75, 3.05) is 9.91 Å². The van der Waals surface area contributed by atoms with Crippen LogP contribution in [0.5, 0.6) is 0 Å². The predicted molar refractivity (Wildman–Crippen MR) is 124 cm³/mol. The number of ether oxygens (including phenoxy) is 1. The van der Waals surface area contributed by atoms with Crippen LogP contribution in [0.1, 0.15) is 10.4 Å². The number of aryl methyl sites for hydroxylation is 1. The molecule has 0 aliphatic carbocycles. The number of hydrogen-bond donors (Lipinski definition) is 0. The van der Waals surface area contributed by atoms with Gasteiger partial charge in [0.2, 0.25) is 11.8 Å². The van der Waals surface area contributed by atoms with E-state index in [-0.39, 0.29) is 29.9 Å². The first kappa shape index (κ1) is 19.1. The van der Waals surface area contributed by atoms with E-state index in [4.69, 9.17) is 9.84 Å². The first-order valence-electron chi connectivity index (χ1n) is 11.1. The van der Waals surface area contributed by atoms with E-state index in [1.165, 1.54) is 16.2 Å². The number of benzene rings is 2. The average Bonchev–Trinajstić information content (AvgIpc) is 3.63. The van der Waals surface area contributed by atoms with E-state index in [0.717, 1.165) is 21.8 Å². The van der Waals surface area contributed by atoms with Crippen molar-refractivity contribution in [3.63, 3.8) is 0 Å². The zero-order valence-corrected chi connectivity index (χ0v) is 18.6. The molecule has 3 saturated heterocycles. The minimum absolute atomic E-state index is 0.0893. The highest BCUT2D eigenvalue weighted by Crippen LogP contribution is 2.56. The summed E-state index contributed by atoms with van der Waals surface area (Å²) in [7, 11) is 0. The maximum atomic E-state index is 13.5. The molecule has 2 bridgehead atoms. The van der Waals surface area contributed by atoms with Crippen LogP contribution in [0.3, 0.4) is 0 Å². The second kappa shape index (κ2) is 6.82. The fraction of sp³-hybridized carbons (Fsp3) is 0.280. The van der Waals surface area contributed by atoms with Crippen LogP contribution in [-0.2, 0) is 14.3 Å². The molecule has 164 valence electrons. The van der Waals surface area contributed by atoms with Crippen molar-refractivity contribution in [2.24, 2.45) is 22.9 Å². The van der Waals surface area contributed by atoms with Gasteiger partial charge >= 0.3 is 0 Å². The van der Waals surface area contributed by atoms with E-state index in [0.29, 0.717) is 5.13 Å². The van der Waals surface area contributed by atoms with E-state index < -0.39 is 17.9 Å². The Hall–Kier alpha value is -3.36. The summed E-state index contributed by atoms with van der Waals surface area (Å²) in [5.41, 5.74) is 2.89. The maximum Gasteiger partial charge on any atom is 0.242 e. The summed E-state index contributed by atoms with van der Waals surface area (Å²) in [6, 6.07) is 19.9. The normalized spacial score (nSPS) is 31.8. The number of nitrogens with zero attached hydrogens (tertiary/aromatic N) is 4. The van der Waals surface area contributed by atoms with Gasteiger partial charge in [-0.05, 0) is 24.6 Å². The van der Waals surface area contributed by atoms with E-state index in [1.54, 1.807) is 6.20 Å². The Morgan fingerprint density at radius 1 is 0.879 bits per heavy atom. The summed E-state index contributed by atoms with van der Waals surface area (Å²) in [4.78, 5) is 33.6. The first-order valence-corrected chi connectivity index (χ1v) is 11.9. The summed E-state index contributed by atoms with van der Waals surface area (Å²) < 4.78 is 6.43. The molecule has 4 aliphatic rings. The summed E-state index contributed by atoms with van der Waals surface area (Å²) in [5, 5.41) is 7.49. The van der Waals surface area contributed by atoms with E-state index >= 15 is 0 Å². The van der Waals surface area contributed by atoms with Gasteiger partial charge in [-0.3, -0.25) is 14.6 Å². The van der Waals surface area contributed by atoms with Crippen molar-refractivity contribution in [3.05, 3.63) is 77.3 Å². The molecule has 3 fully saturated rings. The maximum absolute atomic E-state index is 13.5. The van der Waals surface area contributed by atoms with E-state index in [2.05, 4.69) is 4.98 Å². The highest BCUT2D eigenvalue weighted by atomic mass is 32.1. The molecule has 7 rings (SSSR count). The van der Waals surface area contributed by atoms with Crippen molar-refractivity contribution in [1.82, 2.24) is 4.98 Å². The highest BCUT2D eigenvalue weighted by Gasteiger charge is 2.72. The van der Waals surface area contributed by atoms with Crippen LogP contribution in [0.15, 0.2) is 72.0 Å². The number of thiazole rings is 1. The molecule has 6 unspecified atom stereocenters. The summed E-state index contributed by atoms with van der Waals surface area (Å²) >= 11 is 1.37. The van der Waals surface area contributed by atoms with Gasteiger partial charge < -0.3 is 4.74 Å². The number of imide groups is 1. The third-order valence-electron chi connectivity index (χ3n) is 7.18. The van der Waals surface area contributed by atoms with Crippen LogP contribution in [0, 0.1) is 24.7 Å². The summed E-state index contributed by atoms with van der Waals surface area (Å²) in [6.45, 7) is 1.92. The highest BCUT2D eigenvalue weighted by molar-refractivity contribution is 7.16. The summed E-state index contributed by atoms with van der Waals surface area (Å²) in [6.07, 6.45) is 0.907. The number of para-hydroxylation sites is 1. The molecule has 4 aliphatic heterocycles. The zero-order valence-electron chi connectivity index (χ0n) is 17.7. The first-order chi connectivity index (χ1) is 16.1. The lowest BCUT2D eigenvalue weighted by Gasteiger charge is -2.32. The monoisotopic (exact) mass is 456 g/mol. The number of anilines is 2.